The van der Waals surface area contributed by atoms with Gasteiger partial charge in [-0.25, -0.2) is 0 Å². The highest BCUT2D eigenvalue weighted by molar-refractivity contribution is 5.69. The number of unbranched alkanes of at least 4 members (excludes halogenated alkanes) is 6. The molecular weight excluding hydrogens is 789 g/mol. The van der Waals surface area contributed by atoms with Crippen LogP contribution in [0.4, 0.5) is 0 Å². The second-order valence-corrected chi connectivity index (χ2v) is 17.2. The van der Waals surface area contributed by atoms with Gasteiger partial charge in [0.1, 0.15) is 0 Å². The Kier molecular flexibility index (Phi) is 44.3. The van der Waals surface area contributed by atoms with Gasteiger partial charge in [0.15, 0.2) is 0 Å². The average Bonchev–Trinajstić information content (AvgIpc) is 3.25. The predicted octanol–water partition coefficient (Wildman–Crippen LogP) is 2.70. The summed E-state index contributed by atoms with van der Waals surface area (Å²) in [5, 5.41) is 0. The van der Waals surface area contributed by atoms with Gasteiger partial charge in [-0.3, -0.25) is 24.2 Å². The predicted molar refractivity (Wildman–Crippen MR) is 258 cm³/mol. The van der Waals surface area contributed by atoms with Crippen LogP contribution in [-0.2, 0) is 28.6 Å². The van der Waals surface area contributed by atoms with Crippen molar-refractivity contribution in [2.45, 2.75) is 90.4 Å². The van der Waals surface area contributed by atoms with E-state index >= 15 is 0 Å². The van der Waals surface area contributed by atoms with E-state index < -0.39 is 0 Å². The molecule has 0 aliphatic heterocycles. The topological polar surface area (TPSA) is 157 Å². The summed E-state index contributed by atoms with van der Waals surface area (Å²) in [6.45, 7) is 22.6. The fourth-order valence-electron chi connectivity index (χ4n) is 6.83. The van der Waals surface area contributed by atoms with Crippen molar-refractivity contribution in [1.29, 1.82) is 0 Å². The van der Waals surface area contributed by atoms with Gasteiger partial charge >= 0.3 is 17.9 Å². The minimum absolute atomic E-state index is 0.100. The Hall–Kier alpha value is -1.99. The largest absolute Gasteiger partial charge is 0.469 e. The van der Waals surface area contributed by atoms with Gasteiger partial charge < -0.3 is 55.1 Å². The smallest absolute Gasteiger partial charge is 0.305 e. The van der Waals surface area contributed by atoms with Gasteiger partial charge in [0.25, 0.3) is 0 Å². The Morgan fingerprint density at radius 3 is 0.806 bits per heavy atom. The molecule has 370 valence electrons. The van der Waals surface area contributed by atoms with Crippen molar-refractivity contribution in [2.75, 3.05) is 195 Å². The summed E-state index contributed by atoms with van der Waals surface area (Å²) >= 11 is 0. The van der Waals surface area contributed by atoms with E-state index in [0.717, 1.165) is 176 Å². The SMILES string of the molecule is CCCN(C)CCN(CCN(C)CCN)CCN(C)CCCCCC(=O)OC.COC(=O)CCCCCN(C)CCN(CCN(C)CCN)CCN(C)CCCCCC(=O)OC. The van der Waals surface area contributed by atoms with Crippen molar-refractivity contribution in [3.05, 3.63) is 0 Å². The molecule has 0 radical (unpaired) electrons. The molecule has 0 aliphatic rings. The maximum absolute atomic E-state index is 11.2. The molecule has 0 bridgehead atoms. The number of ether oxygens (including phenoxy) is 3. The molecular formula is C46H100N10O6. The molecule has 0 fully saturated rings. The number of nitrogens with zero attached hydrogens (tertiary/aromatic N) is 8. The Morgan fingerprint density at radius 1 is 0.339 bits per heavy atom. The second-order valence-electron chi connectivity index (χ2n) is 17.2. The van der Waals surface area contributed by atoms with Crippen LogP contribution in [0.3, 0.4) is 0 Å². The number of carbonyl (C=O) groups is 3. The second kappa shape index (κ2) is 44.2. The molecule has 0 aromatic rings. The Balaban J connectivity index is 0. The molecule has 4 N–H and O–H groups in total. The van der Waals surface area contributed by atoms with Crippen LogP contribution >= 0.6 is 0 Å². The number of rotatable bonds is 42. The lowest BCUT2D eigenvalue weighted by atomic mass is 10.2. The number of methoxy groups -OCH3 is 3. The van der Waals surface area contributed by atoms with Crippen LogP contribution < -0.4 is 11.5 Å². The van der Waals surface area contributed by atoms with Gasteiger partial charge in [-0.1, -0.05) is 26.2 Å². The monoisotopic (exact) mass is 889 g/mol. The number of likely N-dealkylation sites (N-methyl/N-ethyl adjacent to an activating group) is 6. The zero-order valence-corrected chi connectivity index (χ0v) is 42.0. The summed E-state index contributed by atoms with van der Waals surface area (Å²) in [6, 6.07) is 0. The van der Waals surface area contributed by atoms with Gasteiger partial charge in [0, 0.05) is 124 Å². The van der Waals surface area contributed by atoms with E-state index in [-0.39, 0.29) is 17.9 Å². The fraction of sp³-hybridized carbons (Fsp3) is 0.935. The molecule has 62 heavy (non-hydrogen) atoms. The fourth-order valence-corrected chi connectivity index (χ4v) is 6.83. The zero-order valence-electron chi connectivity index (χ0n) is 42.0. The summed E-state index contributed by atoms with van der Waals surface area (Å²) in [5.74, 6) is -0.332. The molecule has 0 aliphatic carbocycles. The molecule has 0 saturated carbocycles. The van der Waals surface area contributed by atoms with E-state index in [1.807, 2.05) is 0 Å². The van der Waals surface area contributed by atoms with Gasteiger partial charge in [-0.15, -0.1) is 0 Å². The van der Waals surface area contributed by atoms with Gasteiger partial charge in [-0.2, -0.15) is 0 Å². The minimum Gasteiger partial charge on any atom is -0.469 e. The van der Waals surface area contributed by atoms with E-state index in [9.17, 15) is 14.4 Å². The van der Waals surface area contributed by atoms with Crippen molar-refractivity contribution in [2.24, 2.45) is 11.5 Å². The quantitative estimate of drug-likeness (QED) is 0.0524. The van der Waals surface area contributed by atoms with Gasteiger partial charge in [0.2, 0.25) is 0 Å². The van der Waals surface area contributed by atoms with Gasteiger partial charge in [0.05, 0.1) is 21.3 Å². The number of nitrogens with two attached hydrogens (primary N) is 2. The van der Waals surface area contributed by atoms with Crippen molar-refractivity contribution in [3.63, 3.8) is 0 Å². The van der Waals surface area contributed by atoms with Crippen LogP contribution in [0.5, 0.6) is 0 Å². The first-order chi connectivity index (χ1) is 29.7. The van der Waals surface area contributed by atoms with Crippen LogP contribution in [0.1, 0.15) is 90.4 Å². The molecule has 0 saturated heterocycles. The number of hydrogen-bond acceptors (Lipinski definition) is 16. The Labute approximate surface area is 381 Å². The summed E-state index contributed by atoms with van der Waals surface area (Å²) < 4.78 is 14.1. The summed E-state index contributed by atoms with van der Waals surface area (Å²) in [6.07, 6.45) is 12.0. The van der Waals surface area contributed by atoms with Crippen molar-refractivity contribution >= 4 is 17.9 Å². The first-order valence-electron chi connectivity index (χ1n) is 23.9. The third kappa shape index (κ3) is 42.0. The van der Waals surface area contributed by atoms with Crippen LogP contribution in [-0.4, -0.2) is 252 Å². The van der Waals surface area contributed by atoms with E-state index in [0.29, 0.717) is 32.4 Å². The molecule has 0 unspecified atom stereocenters. The van der Waals surface area contributed by atoms with E-state index in [1.54, 1.807) is 0 Å². The number of carbonyl (C=O) groups excluding carboxylic acids is 3. The highest BCUT2D eigenvalue weighted by atomic mass is 16.5. The third-order valence-electron chi connectivity index (χ3n) is 11.4. The molecule has 0 aromatic heterocycles. The first kappa shape index (κ1) is 62.1. The lowest BCUT2D eigenvalue weighted by Gasteiger charge is -2.29. The number of hydrogen-bond donors (Lipinski definition) is 2. The zero-order chi connectivity index (χ0) is 46.8. The molecule has 0 spiro atoms. The lowest BCUT2D eigenvalue weighted by Crippen LogP contribution is -2.42. The third-order valence-corrected chi connectivity index (χ3v) is 11.4. The van der Waals surface area contributed by atoms with Crippen molar-refractivity contribution in [1.82, 2.24) is 39.2 Å². The molecule has 0 aromatic carbocycles. The summed E-state index contributed by atoms with van der Waals surface area (Å²) in [5.41, 5.74) is 11.4. The van der Waals surface area contributed by atoms with Gasteiger partial charge in [-0.05, 0) is 113 Å². The molecule has 0 heterocycles. The maximum Gasteiger partial charge on any atom is 0.305 e. The highest BCUT2D eigenvalue weighted by Gasteiger charge is 2.12. The van der Waals surface area contributed by atoms with E-state index in [1.165, 1.54) is 27.8 Å². The molecule has 16 heteroatoms. The van der Waals surface area contributed by atoms with Crippen LogP contribution in [0, 0.1) is 0 Å². The summed E-state index contributed by atoms with van der Waals surface area (Å²) in [4.78, 5) is 52.9. The lowest BCUT2D eigenvalue weighted by molar-refractivity contribution is -0.141. The highest BCUT2D eigenvalue weighted by Crippen LogP contribution is 2.06. The normalized spacial score (nSPS) is 11.8. The standard InChI is InChI=1S/C25H53N5O4.C21H47N5O2/c1-27(15-10-6-8-12-24(31)33-4)18-21-30(23-20-29(3)17-14-26)22-19-28(2)16-11-7-9-13-25(32)34-5;1-6-12-23(2)15-18-26(20-17-25(4)14-11-22)19-16-24(3)13-9-7-8-10-21(27)28-5/h6-23,26H2,1-5H3;6-20,22H2,1-5H3. The van der Waals surface area contributed by atoms with Crippen LogP contribution in [0.25, 0.3) is 0 Å². The minimum atomic E-state index is -0.116. The molecule has 0 atom stereocenters. The molecule has 0 rings (SSSR count). The molecule has 0 amide bonds. The van der Waals surface area contributed by atoms with E-state index in [2.05, 4.69) is 93.1 Å². The Morgan fingerprint density at radius 2 is 0.581 bits per heavy atom. The van der Waals surface area contributed by atoms with Crippen LogP contribution in [0.2, 0.25) is 0 Å². The average molecular weight is 889 g/mol. The van der Waals surface area contributed by atoms with Crippen molar-refractivity contribution < 1.29 is 28.6 Å². The van der Waals surface area contributed by atoms with Crippen LogP contribution in [0.15, 0.2) is 0 Å². The van der Waals surface area contributed by atoms with E-state index in [4.69, 9.17) is 20.9 Å². The maximum atomic E-state index is 11.2. The first-order valence-corrected chi connectivity index (χ1v) is 23.9. The molecule has 16 nitrogen and oxygen atoms in total. The number of esters is 3. The summed E-state index contributed by atoms with van der Waals surface area (Å²) in [7, 11) is 17.4. The van der Waals surface area contributed by atoms with Crippen molar-refractivity contribution in [3.8, 4) is 0 Å². The Bertz CT molecular complexity index is 983.